The summed E-state index contributed by atoms with van der Waals surface area (Å²) < 4.78 is 3.01. The summed E-state index contributed by atoms with van der Waals surface area (Å²) in [6.45, 7) is 19.7. The molecule has 112 valence electrons. The van der Waals surface area contributed by atoms with E-state index in [4.69, 9.17) is 0 Å². The first-order chi connectivity index (χ1) is 9.64. The Kier molecular flexibility index (Phi) is 6.93. The molecule has 0 saturated carbocycles. The molecule has 3 heteroatoms. The standard InChI is InChI=1S/C17H31NSi2/c1-6-11-18-19(12-7-2,13-8-3)16-17-20(18,14-9-4)15-10-5/h7-10H,2-6,11-17H2,1H3. The SMILES string of the molecule is C=CC[Si]1(CC=C)CC[Si](CC=C)(CC=C)N1CCC. The summed E-state index contributed by atoms with van der Waals surface area (Å²) >= 11 is 0. The minimum Gasteiger partial charge on any atom is -0.344 e. The highest BCUT2D eigenvalue weighted by atomic mass is 28.4. The third kappa shape index (κ3) is 3.33. The lowest BCUT2D eigenvalue weighted by Crippen LogP contribution is -2.60. The first kappa shape index (κ1) is 17.4. The second-order valence-corrected chi connectivity index (χ2v) is 15.1. The van der Waals surface area contributed by atoms with E-state index in [1.807, 2.05) is 0 Å². The smallest absolute Gasteiger partial charge is 0.129 e. The van der Waals surface area contributed by atoms with Crippen LogP contribution in [0, 0.1) is 0 Å². The van der Waals surface area contributed by atoms with E-state index >= 15 is 0 Å². The summed E-state index contributed by atoms with van der Waals surface area (Å²) in [4.78, 5) is 0. The molecular weight excluding hydrogens is 274 g/mol. The van der Waals surface area contributed by atoms with Gasteiger partial charge >= 0.3 is 0 Å². The summed E-state index contributed by atoms with van der Waals surface area (Å²) in [5.74, 6) is 0. The average molecular weight is 306 g/mol. The first-order valence-corrected chi connectivity index (χ1v) is 13.0. The van der Waals surface area contributed by atoms with Crippen LogP contribution in [0.5, 0.6) is 0 Å². The van der Waals surface area contributed by atoms with Crippen LogP contribution in [-0.4, -0.2) is 27.2 Å². The lowest BCUT2D eigenvalue weighted by molar-refractivity contribution is 0.598. The largest absolute Gasteiger partial charge is 0.344 e. The van der Waals surface area contributed by atoms with E-state index in [0.29, 0.717) is 0 Å². The molecule has 0 N–H and O–H groups in total. The molecule has 0 amide bonds. The van der Waals surface area contributed by atoms with Gasteiger partial charge in [0.25, 0.3) is 0 Å². The van der Waals surface area contributed by atoms with Crippen molar-refractivity contribution in [3.05, 3.63) is 50.6 Å². The Morgan fingerprint density at radius 2 is 1.15 bits per heavy atom. The van der Waals surface area contributed by atoms with Crippen molar-refractivity contribution in [1.82, 2.24) is 4.23 Å². The van der Waals surface area contributed by atoms with Crippen LogP contribution in [0.15, 0.2) is 50.6 Å². The fourth-order valence-electron chi connectivity index (χ4n) is 4.03. The van der Waals surface area contributed by atoms with Gasteiger partial charge in [0.2, 0.25) is 0 Å². The van der Waals surface area contributed by atoms with Crippen LogP contribution in [0.3, 0.4) is 0 Å². The summed E-state index contributed by atoms with van der Waals surface area (Å²) in [7, 11) is -2.86. The van der Waals surface area contributed by atoms with Gasteiger partial charge in [0.1, 0.15) is 16.5 Å². The summed E-state index contributed by atoms with van der Waals surface area (Å²) in [6.07, 6.45) is 9.87. The molecule has 1 aliphatic heterocycles. The van der Waals surface area contributed by atoms with Crippen LogP contribution in [0.1, 0.15) is 13.3 Å². The van der Waals surface area contributed by atoms with Crippen LogP contribution in [0.2, 0.25) is 36.3 Å². The monoisotopic (exact) mass is 305 g/mol. The predicted octanol–water partition coefficient (Wildman–Crippen LogP) is 5.35. The molecule has 0 aromatic heterocycles. The van der Waals surface area contributed by atoms with Gasteiger partial charge in [0.05, 0.1) is 0 Å². The van der Waals surface area contributed by atoms with Gasteiger partial charge < -0.3 is 4.23 Å². The van der Waals surface area contributed by atoms with Crippen molar-refractivity contribution in [3.63, 3.8) is 0 Å². The third-order valence-electron chi connectivity index (χ3n) is 4.75. The minimum absolute atomic E-state index is 1.21. The summed E-state index contributed by atoms with van der Waals surface area (Å²) in [5.41, 5.74) is 0. The zero-order valence-electron chi connectivity index (χ0n) is 13.2. The highest BCUT2D eigenvalue weighted by Gasteiger charge is 2.54. The van der Waals surface area contributed by atoms with Gasteiger partial charge in [-0.25, -0.2) is 0 Å². The topological polar surface area (TPSA) is 3.24 Å². The van der Waals surface area contributed by atoms with Crippen LogP contribution in [0.25, 0.3) is 0 Å². The number of allylic oxidation sites excluding steroid dienone is 4. The maximum atomic E-state index is 4.03. The molecule has 1 heterocycles. The zero-order valence-corrected chi connectivity index (χ0v) is 15.2. The molecule has 1 saturated heterocycles. The zero-order chi connectivity index (χ0) is 15.1. The molecular formula is C17H31NSi2. The van der Waals surface area contributed by atoms with Gasteiger partial charge in [0.15, 0.2) is 0 Å². The van der Waals surface area contributed by atoms with Gasteiger partial charge in [-0.1, -0.05) is 31.2 Å². The van der Waals surface area contributed by atoms with Crippen molar-refractivity contribution in [1.29, 1.82) is 0 Å². The Labute approximate surface area is 127 Å². The molecule has 0 radical (unpaired) electrons. The van der Waals surface area contributed by atoms with E-state index in [2.05, 4.69) is 61.8 Å². The molecule has 1 nitrogen and oxygen atoms in total. The summed E-state index contributed by atoms with van der Waals surface area (Å²) in [5, 5.41) is 0. The van der Waals surface area contributed by atoms with E-state index < -0.39 is 16.5 Å². The number of hydrogen-bond acceptors (Lipinski definition) is 1. The quantitative estimate of drug-likeness (QED) is 0.388. The molecule has 0 aliphatic carbocycles. The van der Waals surface area contributed by atoms with Crippen molar-refractivity contribution in [2.45, 2.75) is 49.6 Å². The van der Waals surface area contributed by atoms with Gasteiger partial charge in [0, 0.05) is 0 Å². The van der Waals surface area contributed by atoms with Crippen LogP contribution >= 0.6 is 0 Å². The second-order valence-electron chi connectivity index (χ2n) is 6.07. The molecule has 0 unspecified atom stereocenters. The lowest BCUT2D eigenvalue weighted by atomic mass is 10.5. The van der Waals surface area contributed by atoms with Gasteiger partial charge in [-0.15, -0.1) is 26.3 Å². The fourth-order valence-corrected chi connectivity index (χ4v) is 19.7. The molecule has 0 aromatic carbocycles. The summed E-state index contributed by atoms with van der Waals surface area (Å²) in [6, 6.07) is 7.67. The molecule has 0 bridgehead atoms. The van der Waals surface area contributed by atoms with Gasteiger partial charge in [-0.3, -0.25) is 0 Å². The van der Waals surface area contributed by atoms with Gasteiger partial charge in [-0.05, 0) is 49.2 Å². The van der Waals surface area contributed by atoms with Crippen LogP contribution in [-0.2, 0) is 0 Å². The number of hydrogen-bond donors (Lipinski definition) is 0. The van der Waals surface area contributed by atoms with Crippen molar-refractivity contribution < 1.29 is 0 Å². The Morgan fingerprint density at radius 3 is 1.40 bits per heavy atom. The van der Waals surface area contributed by atoms with Crippen LogP contribution in [0.4, 0.5) is 0 Å². The first-order valence-electron chi connectivity index (χ1n) is 7.86. The van der Waals surface area contributed by atoms with Gasteiger partial charge in [-0.2, -0.15) is 0 Å². The molecule has 1 rings (SSSR count). The molecule has 0 atom stereocenters. The Morgan fingerprint density at radius 1 is 0.800 bits per heavy atom. The third-order valence-corrected chi connectivity index (χ3v) is 17.4. The van der Waals surface area contributed by atoms with E-state index in [1.54, 1.807) is 0 Å². The number of rotatable bonds is 10. The van der Waals surface area contributed by atoms with Crippen LogP contribution < -0.4 is 0 Å². The molecule has 20 heavy (non-hydrogen) atoms. The van der Waals surface area contributed by atoms with E-state index in [-0.39, 0.29) is 0 Å². The highest BCUT2D eigenvalue weighted by molar-refractivity contribution is 6.98. The molecule has 0 spiro atoms. The van der Waals surface area contributed by atoms with E-state index in [0.717, 1.165) is 0 Å². The lowest BCUT2D eigenvalue weighted by Gasteiger charge is -2.45. The maximum absolute atomic E-state index is 4.03. The average Bonchev–Trinajstić information content (AvgIpc) is 2.69. The Hall–Kier alpha value is -0.646. The normalized spacial score (nSPS) is 20.4. The second kappa shape index (κ2) is 7.96. The molecule has 1 fully saturated rings. The fraction of sp³-hybridized carbons (Fsp3) is 0.529. The minimum atomic E-state index is -1.43. The Bertz CT molecular complexity index is 310. The highest BCUT2D eigenvalue weighted by Crippen LogP contribution is 2.46. The molecule has 1 aliphatic rings. The Balaban J connectivity index is 3.19. The van der Waals surface area contributed by atoms with E-state index in [1.165, 1.54) is 49.2 Å². The number of nitrogens with zero attached hydrogens (tertiary/aromatic N) is 1. The van der Waals surface area contributed by atoms with Crippen molar-refractivity contribution in [3.8, 4) is 0 Å². The maximum Gasteiger partial charge on any atom is 0.129 e. The molecule has 0 aromatic rings. The predicted molar refractivity (Wildman–Crippen MR) is 98.1 cm³/mol. The van der Waals surface area contributed by atoms with Crippen molar-refractivity contribution >= 4 is 16.5 Å². The van der Waals surface area contributed by atoms with Crippen molar-refractivity contribution in [2.24, 2.45) is 0 Å². The van der Waals surface area contributed by atoms with E-state index in [9.17, 15) is 0 Å². The van der Waals surface area contributed by atoms with Crippen molar-refractivity contribution in [2.75, 3.05) is 6.54 Å².